The number of nitrogens with one attached hydrogen (secondary N) is 4. The summed E-state index contributed by atoms with van der Waals surface area (Å²) < 4.78 is 11.5. The van der Waals surface area contributed by atoms with Crippen molar-refractivity contribution >= 4 is 23.4 Å². The molecule has 1 aliphatic heterocycles. The molecule has 3 rings (SSSR count). The van der Waals surface area contributed by atoms with Crippen molar-refractivity contribution in [3.05, 3.63) is 29.8 Å². The number of ether oxygens (including phenoxy) is 2. The first-order valence-electron chi connectivity index (χ1n) is 12.3. The number of benzene rings is 1. The summed E-state index contributed by atoms with van der Waals surface area (Å²) in [6, 6.07) is 8.42. The van der Waals surface area contributed by atoms with Crippen LogP contribution in [0.25, 0.3) is 11.3 Å². The Bertz CT molecular complexity index is 978. The minimum Gasteiger partial charge on any atom is -0.491 e. The molecule has 0 spiro atoms. The van der Waals surface area contributed by atoms with E-state index in [4.69, 9.17) is 19.9 Å². The molecule has 2 aromatic rings. The first kappa shape index (κ1) is 26.7. The van der Waals surface area contributed by atoms with Crippen LogP contribution in [0.4, 0.5) is 17.2 Å². The van der Waals surface area contributed by atoms with Gasteiger partial charge in [0.25, 0.3) is 0 Å². The highest BCUT2D eigenvalue weighted by Crippen LogP contribution is 2.35. The lowest BCUT2D eigenvalue weighted by atomic mass is 10.0. The lowest BCUT2D eigenvalue weighted by Crippen LogP contribution is -2.37. The summed E-state index contributed by atoms with van der Waals surface area (Å²) in [5.74, 6) is 1.33. The highest BCUT2D eigenvalue weighted by atomic mass is 16.5. The fourth-order valence-electron chi connectivity index (χ4n) is 4.24. The average Bonchev–Trinajstić information content (AvgIpc) is 2.86. The van der Waals surface area contributed by atoms with Crippen molar-refractivity contribution in [1.29, 1.82) is 5.41 Å². The SMILES string of the molecule is CNCC(O)COc1cc(NC)cc(-c2cc(N(C)C3CCOCC3)c(C=N)c(NC(C)C)n2)c1. The number of likely N-dealkylation sites (N-methyl/N-ethyl adjacent to an activating group) is 1. The molecular formula is C26H40N6O3. The lowest BCUT2D eigenvalue weighted by Gasteiger charge is -2.34. The average molecular weight is 485 g/mol. The summed E-state index contributed by atoms with van der Waals surface area (Å²) in [5, 5.41) is 27.8. The van der Waals surface area contributed by atoms with Crippen LogP contribution in [-0.2, 0) is 4.74 Å². The molecule has 0 bridgehead atoms. The second kappa shape index (κ2) is 12.7. The zero-order chi connectivity index (χ0) is 25.4. The van der Waals surface area contributed by atoms with Gasteiger partial charge in [-0.2, -0.15) is 0 Å². The molecule has 9 heteroatoms. The van der Waals surface area contributed by atoms with E-state index in [0.29, 0.717) is 24.2 Å². The van der Waals surface area contributed by atoms with Crippen molar-refractivity contribution in [3.63, 3.8) is 0 Å². The van der Waals surface area contributed by atoms with E-state index < -0.39 is 6.10 Å². The Balaban J connectivity index is 2.05. The Morgan fingerprint density at radius 2 is 1.97 bits per heavy atom. The van der Waals surface area contributed by atoms with Crippen molar-refractivity contribution in [1.82, 2.24) is 10.3 Å². The lowest BCUT2D eigenvalue weighted by molar-refractivity contribution is 0.0855. The number of aliphatic hydroxyl groups excluding tert-OH is 1. The van der Waals surface area contributed by atoms with E-state index in [-0.39, 0.29) is 12.6 Å². The number of hydrogen-bond donors (Lipinski definition) is 5. The molecule has 0 aliphatic carbocycles. The largest absolute Gasteiger partial charge is 0.491 e. The molecule has 1 saturated heterocycles. The Kier molecular flexibility index (Phi) is 9.71. The van der Waals surface area contributed by atoms with Gasteiger partial charge in [-0.15, -0.1) is 0 Å². The van der Waals surface area contributed by atoms with Crippen molar-refractivity contribution in [2.45, 2.75) is 44.9 Å². The number of rotatable bonds is 12. The highest BCUT2D eigenvalue weighted by molar-refractivity contribution is 5.94. The third-order valence-corrected chi connectivity index (χ3v) is 6.10. The number of aliphatic hydroxyl groups is 1. The van der Waals surface area contributed by atoms with E-state index in [1.54, 1.807) is 7.05 Å². The highest BCUT2D eigenvalue weighted by Gasteiger charge is 2.23. The zero-order valence-electron chi connectivity index (χ0n) is 21.5. The maximum Gasteiger partial charge on any atom is 0.137 e. The number of nitrogens with zero attached hydrogens (tertiary/aromatic N) is 2. The maximum atomic E-state index is 10.1. The normalized spacial score (nSPS) is 15.1. The fourth-order valence-corrected chi connectivity index (χ4v) is 4.24. The first-order valence-corrected chi connectivity index (χ1v) is 12.3. The molecule has 1 atom stereocenters. The molecule has 192 valence electrons. The van der Waals surface area contributed by atoms with Gasteiger partial charge >= 0.3 is 0 Å². The third-order valence-electron chi connectivity index (χ3n) is 6.10. The molecule has 0 amide bonds. The summed E-state index contributed by atoms with van der Waals surface area (Å²) in [7, 11) is 5.74. The van der Waals surface area contributed by atoms with Gasteiger partial charge in [-0.25, -0.2) is 4.98 Å². The van der Waals surface area contributed by atoms with Crippen molar-refractivity contribution < 1.29 is 14.6 Å². The van der Waals surface area contributed by atoms with Crippen LogP contribution in [-0.4, -0.2) is 82.0 Å². The summed E-state index contributed by atoms with van der Waals surface area (Å²) in [4.78, 5) is 7.18. The minimum absolute atomic E-state index is 0.161. The van der Waals surface area contributed by atoms with Crippen LogP contribution >= 0.6 is 0 Å². The van der Waals surface area contributed by atoms with Gasteiger partial charge in [0.15, 0.2) is 0 Å². The van der Waals surface area contributed by atoms with Gasteiger partial charge in [0.2, 0.25) is 0 Å². The quantitative estimate of drug-likeness (QED) is 0.292. The Hall–Kier alpha value is -2.88. The first-order chi connectivity index (χ1) is 16.9. The van der Waals surface area contributed by atoms with E-state index in [1.165, 1.54) is 6.21 Å². The van der Waals surface area contributed by atoms with Gasteiger partial charge < -0.3 is 40.8 Å². The predicted octanol–water partition coefficient (Wildman–Crippen LogP) is 3.18. The second-order valence-electron chi connectivity index (χ2n) is 9.21. The van der Waals surface area contributed by atoms with Crippen LogP contribution in [0.15, 0.2) is 24.3 Å². The van der Waals surface area contributed by atoms with Gasteiger partial charge in [-0.1, -0.05) is 0 Å². The Morgan fingerprint density at radius 3 is 2.60 bits per heavy atom. The van der Waals surface area contributed by atoms with Crippen LogP contribution in [0.1, 0.15) is 32.3 Å². The van der Waals surface area contributed by atoms with Crippen LogP contribution < -0.4 is 25.6 Å². The van der Waals surface area contributed by atoms with Crippen LogP contribution in [0.3, 0.4) is 0 Å². The van der Waals surface area contributed by atoms with Gasteiger partial charge in [0, 0.05) is 69.5 Å². The van der Waals surface area contributed by atoms with E-state index in [1.807, 2.05) is 25.2 Å². The van der Waals surface area contributed by atoms with Crippen LogP contribution in [0.2, 0.25) is 0 Å². The van der Waals surface area contributed by atoms with E-state index in [0.717, 1.165) is 54.3 Å². The van der Waals surface area contributed by atoms with E-state index in [2.05, 4.69) is 47.8 Å². The van der Waals surface area contributed by atoms with E-state index in [9.17, 15) is 5.11 Å². The maximum absolute atomic E-state index is 10.1. The molecule has 35 heavy (non-hydrogen) atoms. The molecule has 1 fully saturated rings. The molecule has 1 aromatic carbocycles. The molecule has 1 aromatic heterocycles. The fraction of sp³-hybridized carbons (Fsp3) is 0.538. The minimum atomic E-state index is -0.603. The Labute approximate surface area is 208 Å². The summed E-state index contributed by atoms with van der Waals surface area (Å²) in [5.41, 5.74) is 4.29. The number of pyridine rings is 1. The predicted molar refractivity (Wildman–Crippen MR) is 144 cm³/mol. The molecule has 1 unspecified atom stereocenters. The van der Waals surface area contributed by atoms with Crippen molar-refractivity contribution in [3.8, 4) is 17.0 Å². The molecule has 1 aliphatic rings. The molecule has 2 heterocycles. The van der Waals surface area contributed by atoms with Gasteiger partial charge in [0.1, 0.15) is 24.3 Å². The van der Waals surface area contributed by atoms with Gasteiger partial charge in [-0.05, 0) is 51.9 Å². The van der Waals surface area contributed by atoms with E-state index >= 15 is 0 Å². The standard InChI is InChI=1S/C26H40N6O3/c1-17(2)30-26-23(14-27)25(32(5)20-6-8-34-9-7-20)13-24(31-26)18-10-19(29-4)12-22(11-18)35-16-21(33)15-28-3/h10-14,17,20-21,27-29,33H,6-9,15-16H2,1-5H3,(H,30,31). The molecule has 9 nitrogen and oxygen atoms in total. The smallest absolute Gasteiger partial charge is 0.137 e. The van der Waals surface area contributed by atoms with Crippen molar-refractivity contribution in [2.75, 3.05) is 63.0 Å². The number of anilines is 3. The summed E-state index contributed by atoms with van der Waals surface area (Å²) in [6.45, 7) is 6.26. The third kappa shape index (κ3) is 7.06. The number of hydrogen-bond acceptors (Lipinski definition) is 9. The second-order valence-corrected chi connectivity index (χ2v) is 9.21. The van der Waals surface area contributed by atoms with Crippen LogP contribution in [0, 0.1) is 5.41 Å². The summed E-state index contributed by atoms with van der Waals surface area (Å²) in [6.07, 6.45) is 2.67. The summed E-state index contributed by atoms with van der Waals surface area (Å²) >= 11 is 0. The van der Waals surface area contributed by atoms with Crippen molar-refractivity contribution in [2.24, 2.45) is 0 Å². The monoisotopic (exact) mass is 484 g/mol. The van der Waals surface area contributed by atoms with Gasteiger partial charge in [0.05, 0.1) is 16.9 Å². The number of aromatic nitrogens is 1. The molecule has 0 radical (unpaired) electrons. The molecule has 5 N–H and O–H groups in total. The molecular weight excluding hydrogens is 444 g/mol. The van der Waals surface area contributed by atoms with Gasteiger partial charge in [-0.3, -0.25) is 0 Å². The zero-order valence-corrected chi connectivity index (χ0v) is 21.5. The topological polar surface area (TPSA) is 115 Å². The molecule has 0 saturated carbocycles. The Morgan fingerprint density at radius 1 is 1.23 bits per heavy atom. The van der Waals surface area contributed by atoms with Crippen LogP contribution in [0.5, 0.6) is 5.75 Å².